The number of halogens is 1. The van der Waals surface area contributed by atoms with Crippen LogP contribution in [-0.2, 0) is 16.1 Å². The Morgan fingerprint density at radius 2 is 1.84 bits per heavy atom. The first-order chi connectivity index (χ1) is 11.6. The van der Waals surface area contributed by atoms with Crippen LogP contribution in [0.15, 0.2) is 24.3 Å². The molecule has 1 aromatic rings. The van der Waals surface area contributed by atoms with Crippen molar-refractivity contribution in [2.24, 2.45) is 5.92 Å². The molecule has 0 aromatic heterocycles. The number of carbonyl (C=O) groups excluding carboxylic acids is 3. The van der Waals surface area contributed by atoms with Crippen molar-refractivity contribution in [2.45, 2.75) is 32.2 Å². The largest absolute Gasteiger partial charge is 0.352 e. The number of hydrogen-bond donors (Lipinski definition) is 2. The molecule has 0 saturated carbocycles. The predicted molar refractivity (Wildman–Crippen MR) is 96.4 cm³/mol. The number of amides is 3. The van der Waals surface area contributed by atoms with E-state index in [9.17, 15) is 14.4 Å². The van der Waals surface area contributed by atoms with E-state index in [1.807, 2.05) is 0 Å². The minimum absolute atomic E-state index is 0. The van der Waals surface area contributed by atoms with Crippen LogP contribution in [0.4, 0.5) is 0 Å². The van der Waals surface area contributed by atoms with Crippen LogP contribution in [0.3, 0.4) is 0 Å². The Hall–Kier alpha value is -1.92. The fourth-order valence-electron chi connectivity index (χ4n) is 3.18. The van der Waals surface area contributed by atoms with E-state index in [-0.39, 0.29) is 36.7 Å². The van der Waals surface area contributed by atoms with E-state index < -0.39 is 0 Å². The number of likely N-dealkylation sites (tertiary alicyclic amines) is 1. The smallest absolute Gasteiger partial charge is 0.251 e. The Balaban J connectivity index is 0.00000225. The molecule has 1 aromatic carbocycles. The van der Waals surface area contributed by atoms with E-state index in [1.54, 1.807) is 24.3 Å². The van der Waals surface area contributed by atoms with Gasteiger partial charge in [0.05, 0.1) is 6.54 Å². The van der Waals surface area contributed by atoms with Gasteiger partial charge in [-0.1, -0.05) is 12.1 Å². The van der Waals surface area contributed by atoms with Gasteiger partial charge in [-0.3, -0.25) is 19.3 Å². The van der Waals surface area contributed by atoms with Gasteiger partial charge < -0.3 is 10.6 Å². The van der Waals surface area contributed by atoms with Crippen molar-refractivity contribution in [1.29, 1.82) is 0 Å². The van der Waals surface area contributed by atoms with Crippen molar-refractivity contribution >= 4 is 30.1 Å². The number of carbonyl (C=O) groups is 3. The number of nitrogens with one attached hydrogen (secondary N) is 2. The van der Waals surface area contributed by atoms with Gasteiger partial charge in [0.1, 0.15) is 0 Å². The lowest BCUT2D eigenvalue weighted by molar-refractivity contribution is -0.139. The summed E-state index contributed by atoms with van der Waals surface area (Å²) >= 11 is 0. The van der Waals surface area contributed by atoms with Gasteiger partial charge >= 0.3 is 0 Å². The van der Waals surface area contributed by atoms with Gasteiger partial charge in [0.15, 0.2) is 0 Å². The molecular formula is C18H24ClN3O3. The van der Waals surface area contributed by atoms with Crippen molar-refractivity contribution < 1.29 is 14.4 Å². The molecule has 2 aliphatic heterocycles. The molecule has 136 valence electrons. The summed E-state index contributed by atoms with van der Waals surface area (Å²) in [7, 11) is 0. The summed E-state index contributed by atoms with van der Waals surface area (Å²) in [4.78, 5) is 36.8. The molecule has 2 saturated heterocycles. The second-order valence-corrected chi connectivity index (χ2v) is 6.49. The normalized spacial score (nSPS) is 20.3. The first-order valence-corrected chi connectivity index (χ1v) is 8.54. The molecule has 7 heteroatoms. The number of benzene rings is 1. The molecule has 6 nitrogen and oxygen atoms in total. The highest BCUT2D eigenvalue weighted by Crippen LogP contribution is 2.16. The predicted octanol–water partition coefficient (Wildman–Crippen LogP) is 1.49. The highest BCUT2D eigenvalue weighted by atomic mass is 35.5. The molecule has 2 heterocycles. The van der Waals surface area contributed by atoms with Gasteiger partial charge in [0, 0.05) is 24.9 Å². The van der Waals surface area contributed by atoms with E-state index in [0.717, 1.165) is 31.5 Å². The maximum atomic E-state index is 12.2. The molecule has 0 aliphatic carbocycles. The van der Waals surface area contributed by atoms with Crippen LogP contribution in [-0.4, -0.2) is 42.3 Å². The van der Waals surface area contributed by atoms with Crippen LogP contribution in [0.25, 0.3) is 0 Å². The highest BCUT2D eigenvalue weighted by molar-refractivity contribution is 6.01. The first-order valence-electron chi connectivity index (χ1n) is 8.54. The summed E-state index contributed by atoms with van der Waals surface area (Å²) in [5.41, 5.74) is 1.45. The number of rotatable bonds is 5. The molecule has 0 bridgehead atoms. The minimum atomic E-state index is -0.122. The molecular weight excluding hydrogens is 342 g/mol. The van der Waals surface area contributed by atoms with E-state index in [2.05, 4.69) is 10.6 Å². The lowest BCUT2D eigenvalue weighted by Crippen LogP contribution is -2.38. The SMILES string of the molecule is Cl.O=C(NCC1CCCNC1)c1ccc(CN2C(=O)CCC2=O)cc1. The number of hydrogen-bond acceptors (Lipinski definition) is 4. The monoisotopic (exact) mass is 365 g/mol. The van der Waals surface area contributed by atoms with Crippen LogP contribution in [0.5, 0.6) is 0 Å². The summed E-state index contributed by atoms with van der Waals surface area (Å²) in [6.45, 7) is 2.99. The van der Waals surface area contributed by atoms with Crippen molar-refractivity contribution in [1.82, 2.24) is 15.5 Å². The van der Waals surface area contributed by atoms with Crippen molar-refractivity contribution in [3.63, 3.8) is 0 Å². The summed E-state index contributed by atoms with van der Waals surface area (Å²) in [5, 5.41) is 6.31. The van der Waals surface area contributed by atoms with Crippen LogP contribution >= 0.6 is 12.4 Å². The zero-order chi connectivity index (χ0) is 16.9. The molecule has 2 fully saturated rings. The second-order valence-electron chi connectivity index (χ2n) is 6.49. The summed E-state index contributed by atoms with van der Waals surface area (Å²) in [6.07, 6.45) is 2.90. The number of imide groups is 1. The summed E-state index contributed by atoms with van der Waals surface area (Å²) in [5.74, 6) is 0.167. The Labute approximate surface area is 153 Å². The molecule has 1 unspecified atom stereocenters. The van der Waals surface area contributed by atoms with Gasteiger partial charge in [0.25, 0.3) is 5.91 Å². The topological polar surface area (TPSA) is 78.5 Å². The zero-order valence-electron chi connectivity index (χ0n) is 14.1. The van der Waals surface area contributed by atoms with Gasteiger partial charge in [-0.2, -0.15) is 0 Å². The molecule has 2 aliphatic rings. The fourth-order valence-corrected chi connectivity index (χ4v) is 3.18. The zero-order valence-corrected chi connectivity index (χ0v) is 14.9. The third-order valence-electron chi connectivity index (χ3n) is 4.66. The number of nitrogens with zero attached hydrogens (tertiary/aromatic N) is 1. The van der Waals surface area contributed by atoms with Crippen LogP contribution < -0.4 is 10.6 Å². The Bertz CT molecular complexity index is 611. The van der Waals surface area contributed by atoms with E-state index in [1.165, 1.54) is 4.90 Å². The molecule has 2 N–H and O–H groups in total. The summed E-state index contributed by atoms with van der Waals surface area (Å²) < 4.78 is 0. The molecule has 3 rings (SSSR count). The molecule has 0 radical (unpaired) electrons. The standard InChI is InChI=1S/C18H23N3O3.ClH/c22-16-7-8-17(23)21(16)12-13-3-5-15(6-4-13)18(24)20-11-14-2-1-9-19-10-14;/h3-6,14,19H,1-2,7-12H2,(H,20,24);1H. The quantitative estimate of drug-likeness (QED) is 0.775. The Morgan fingerprint density at radius 1 is 1.16 bits per heavy atom. The van der Waals surface area contributed by atoms with Crippen LogP contribution in [0.1, 0.15) is 41.6 Å². The van der Waals surface area contributed by atoms with Gasteiger partial charge in [-0.25, -0.2) is 0 Å². The Kier molecular flexibility index (Phi) is 6.96. The third kappa shape index (κ3) is 5.03. The lowest BCUT2D eigenvalue weighted by Gasteiger charge is -2.22. The van der Waals surface area contributed by atoms with Gasteiger partial charge in [0.2, 0.25) is 11.8 Å². The fraction of sp³-hybridized carbons (Fsp3) is 0.500. The van der Waals surface area contributed by atoms with Crippen molar-refractivity contribution in [3.8, 4) is 0 Å². The highest BCUT2D eigenvalue weighted by Gasteiger charge is 2.28. The van der Waals surface area contributed by atoms with E-state index in [4.69, 9.17) is 0 Å². The second kappa shape index (κ2) is 8.97. The van der Waals surface area contributed by atoms with E-state index >= 15 is 0 Å². The Morgan fingerprint density at radius 3 is 2.44 bits per heavy atom. The van der Waals surface area contributed by atoms with Crippen molar-refractivity contribution in [3.05, 3.63) is 35.4 Å². The lowest BCUT2D eigenvalue weighted by atomic mass is 9.99. The van der Waals surface area contributed by atoms with Gasteiger partial charge in [-0.05, 0) is 49.5 Å². The maximum absolute atomic E-state index is 12.2. The maximum Gasteiger partial charge on any atom is 0.251 e. The first kappa shape index (κ1) is 19.4. The molecule has 25 heavy (non-hydrogen) atoms. The average molecular weight is 366 g/mol. The molecule has 0 spiro atoms. The van der Waals surface area contributed by atoms with Crippen molar-refractivity contribution in [2.75, 3.05) is 19.6 Å². The minimum Gasteiger partial charge on any atom is -0.352 e. The molecule has 3 amide bonds. The third-order valence-corrected chi connectivity index (χ3v) is 4.66. The van der Waals surface area contributed by atoms with Crippen LogP contribution in [0, 0.1) is 5.92 Å². The summed E-state index contributed by atoms with van der Waals surface area (Å²) in [6, 6.07) is 7.09. The van der Waals surface area contributed by atoms with E-state index in [0.29, 0.717) is 30.9 Å². The molecule has 1 atom stereocenters. The average Bonchev–Trinajstić information content (AvgIpc) is 2.93. The van der Waals surface area contributed by atoms with Gasteiger partial charge in [-0.15, -0.1) is 12.4 Å². The number of piperidine rings is 1. The van der Waals surface area contributed by atoms with Crippen LogP contribution in [0.2, 0.25) is 0 Å².